The number of benzene rings is 3. The molecule has 0 amide bonds. The Bertz CT molecular complexity index is 1160. The summed E-state index contributed by atoms with van der Waals surface area (Å²) in [6.07, 6.45) is 1.81. The fourth-order valence-electron chi connectivity index (χ4n) is 3.08. The summed E-state index contributed by atoms with van der Waals surface area (Å²) < 4.78 is 6.03. The number of allylic oxidation sites excluding steroid dienone is 1. The second kappa shape index (κ2) is 7.81. The molecule has 0 atom stereocenters. The lowest BCUT2D eigenvalue weighted by molar-refractivity contribution is 0.305. The summed E-state index contributed by atoms with van der Waals surface area (Å²) in [5.41, 5.74) is 5.35. The zero-order valence-electron chi connectivity index (χ0n) is 15.5. The number of hydrogen-bond acceptors (Lipinski definition) is 3. The van der Waals surface area contributed by atoms with Gasteiger partial charge in [0.05, 0.1) is 16.6 Å². The predicted octanol–water partition coefficient (Wildman–Crippen LogP) is 5.51. The molecule has 0 aliphatic rings. The fourth-order valence-corrected chi connectivity index (χ4v) is 3.08. The molecule has 0 fully saturated rings. The van der Waals surface area contributed by atoms with Crippen molar-refractivity contribution >= 4 is 22.7 Å². The van der Waals surface area contributed by atoms with E-state index >= 15 is 0 Å². The molecular weight excluding hydrogens is 346 g/mol. The largest absolute Gasteiger partial charge is 0.488 e. The number of imidazole rings is 1. The Hall–Kier alpha value is -3.84. The second-order valence-electron chi connectivity index (χ2n) is 6.59. The van der Waals surface area contributed by atoms with Gasteiger partial charge >= 0.3 is 0 Å². The number of nitrogens with one attached hydrogen (secondary N) is 1. The third kappa shape index (κ3) is 3.79. The van der Waals surface area contributed by atoms with Crippen LogP contribution in [0.1, 0.15) is 22.5 Å². The molecule has 0 aliphatic carbocycles. The van der Waals surface area contributed by atoms with Crippen LogP contribution in [0.4, 0.5) is 0 Å². The molecule has 0 saturated carbocycles. The molecule has 1 heterocycles. The van der Waals surface area contributed by atoms with Crippen LogP contribution in [0.25, 0.3) is 22.7 Å². The fraction of sp³-hybridized carbons (Fsp3) is 0.0833. The highest BCUT2D eigenvalue weighted by molar-refractivity contribution is 5.91. The van der Waals surface area contributed by atoms with Crippen molar-refractivity contribution < 1.29 is 4.74 Å². The number of ether oxygens (including phenoxy) is 1. The summed E-state index contributed by atoms with van der Waals surface area (Å²) >= 11 is 0. The highest BCUT2D eigenvalue weighted by Gasteiger charge is 2.09. The Labute approximate surface area is 163 Å². The maximum atomic E-state index is 9.68. The number of aromatic amines is 1. The van der Waals surface area contributed by atoms with Gasteiger partial charge in [0.1, 0.15) is 24.3 Å². The zero-order chi connectivity index (χ0) is 19.3. The number of aromatic nitrogens is 2. The molecule has 4 rings (SSSR count). The predicted molar refractivity (Wildman–Crippen MR) is 112 cm³/mol. The number of para-hydroxylation sites is 3. The molecule has 4 nitrogen and oxygen atoms in total. The van der Waals surface area contributed by atoms with Crippen LogP contribution in [0.2, 0.25) is 0 Å². The third-order valence-corrected chi connectivity index (χ3v) is 4.46. The van der Waals surface area contributed by atoms with E-state index in [0.717, 1.165) is 27.9 Å². The van der Waals surface area contributed by atoms with E-state index in [0.29, 0.717) is 18.0 Å². The molecule has 4 heteroatoms. The van der Waals surface area contributed by atoms with E-state index < -0.39 is 0 Å². The average molecular weight is 365 g/mol. The van der Waals surface area contributed by atoms with Gasteiger partial charge in [-0.1, -0.05) is 60.2 Å². The highest BCUT2D eigenvalue weighted by Crippen LogP contribution is 2.25. The molecule has 28 heavy (non-hydrogen) atoms. The number of nitrogens with zero attached hydrogens (tertiary/aromatic N) is 2. The molecule has 0 radical (unpaired) electrons. The number of hydrogen-bond donors (Lipinski definition) is 1. The molecule has 0 aliphatic heterocycles. The van der Waals surface area contributed by atoms with Gasteiger partial charge in [0, 0.05) is 5.56 Å². The first-order chi connectivity index (χ1) is 13.7. The molecule has 1 aromatic heterocycles. The lowest BCUT2D eigenvalue weighted by Crippen LogP contribution is -1.97. The molecule has 0 saturated heterocycles. The van der Waals surface area contributed by atoms with E-state index in [4.69, 9.17) is 4.74 Å². The molecular formula is C24H19N3O. The van der Waals surface area contributed by atoms with E-state index in [-0.39, 0.29) is 0 Å². The highest BCUT2D eigenvalue weighted by atomic mass is 16.5. The summed E-state index contributed by atoms with van der Waals surface area (Å²) in [5.74, 6) is 1.28. The van der Waals surface area contributed by atoms with Crippen molar-refractivity contribution in [1.29, 1.82) is 5.26 Å². The van der Waals surface area contributed by atoms with Gasteiger partial charge in [-0.3, -0.25) is 0 Å². The summed E-state index contributed by atoms with van der Waals surface area (Å²) in [7, 11) is 0. The first-order valence-electron chi connectivity index (χ1n) is 9.07. The topological polar surface area (TPSA) is 61.7 Å². The minimum Gasteiger partial charge on any atom is -0.488 e. The molecule has 3 aromatic carbocycles. The number of nitriles is 1. The normalized spacial score (nSPS) is 11.4. The molecule has 1 N–H and O–H groups in total. The second-order valence-corrected chi connectivity index (χ2v) is 6.59. The number of fused-ring (bicyclic) bond motifs is 1. The minimum atomic E-state index is 0.461. The van der Waals surface area contributed by atoms with Crippen molar-refractivity contribution in [3.8, 4) is 11.8 Å². The Kier molecular flexibility index (Phi) is 4.90. The van der Waals surface area contributed by atoms with Crippen molar-refractivity contribution in [2.24, 2.45) is 0 Å². The smallest absolute Gasteiger partial charge is 0.149 e. The third-order valence-electron chi connectivity index (χ3n) is 4.46. The van der Waals surface area contributed by atoms with Gasteiger partial charge in [-0.05, 0) is 36.8 Å². The standard InChI is InChI=1S/C24H19N3O/c1-17-7-6-8-18(13-17)16-28-23-12-5-2-9-19(23)14-20(15-25)24-26-21-10-3-4-11-22(21)27-24/h2-14H,16H2,1H3,(H,26,27)/b20-14+. The van der Waals surface area contributed by atoms with Gasteiger partial charge in [-0.15, -0.1) is 0 Å². The molecule has 136 valence electrons. The van der Waals surface area contributed by atoms with E-state index in [1.807, 2.05) is 66.7 Å². The van der Waals surface area contributed by atoms with Gasteiger partial charge in [-0.25, -0.2) is 4.98 Å². The van der Waals surface area contributed by atoms with Gasteiger partial charge in [0.2, 0.25) is 0 Å². The Balaban J connectivity index is 1.63. The lowest BCUT2D eigenvalue weighted by Gasteiger charge is -2.10. The Morgan fingerprint density at radius 1 is 1.07 bits per heavy atom. The van der Waals surface area contributed by atoms with Crippen LogP contribution in [0.3, 0.4) is 0 Å². The first kappa shape index (κ1) is 17.6. The van der Waals surface area contributed by atoms with E-state index in [2.05, 4.69) is 35.1 Å². The summed E-state index contributed by atoms with van der Waals surface area (Å²) in [6.45, 7) is 2.53. The van der Waals surface area contributed by atoms with Gasteiger partial charge in [0.25, 0.3) is 0 Å². The van der Waals surface area contributed by atoms with Crippen LogP contribution in [-0.2, 0) is 6.61 Å². The van der Waals surface area contributed by atoms with Gasteiger partial charge < -0.3 is 9.72 Å². The van der Waals surface area contributed by atoms with Crippen molar-refractivity contribution in [2.75, 3.05) is 0 Å². The number of H-pyrrole nitrogens is 1. The van der Waals surface area contributed by atoms with Crippen LogP contribution in [0, 0.1) is 18.3 Å². The van der Waals surface area contributed by atoms with Crippen molar-refractivity contribution in [2.45, 2.75) is 13.5 Å². The van der Waals surface area contributed by atoms with Gasteiger partial charge in [0.15, 0.2) is 0 Å². The van der Waals surface area contributed by atoms with Crippen LogP contribution < -0.4 is 4.74 Å². The number of rotatable bonds is 5. The minimum absolute atomic E-state index is 0.461. The molecule has 0 bridgehead atoms. The first-order valence-corrected chi connectivity index (χ1v) is 9.07. The van der Waals surface area contributed by atoms with E-state index in [1.165, 1.54) is 5.56 Å². The maximum absolute atomic E-state index is 9.68. The van der Waals surface area contributed by atoms with E-state index in [1.54, 1.807) is 0 Å². The number of aryl methyl sites for hydroxylation is 1. The van der Waals surface area contributed by atoms with Crippen LogP contribution in [-0.4, -0.2) is 9.97 Å². The van der Waals surface area contributed by atoms with Gasteiger partial charge in [-0.2, -0.15) is 5.26 Å². The summed E-state index contributed by atoms with van der Waals surface area (Å²) in [4.78, 5) is 7.73. The van der Waals surface area contributed by atoms with Crippen molar-refractivity contribution in [1.82, 2.24) is 9.97 Å². The SMILES string of the molecule is Cc1cccc(COc2ccccc2/C=C(\C#N)c2nc3ccccc3[nH]2)c1. The Morgan fingerprint density at radius 2 is 1.89 bits per heavy atom. The van der Waals surface area contributed by atoms with Crippen LogP contribution in [0.5, 0.6) is 5.75 Å². The maximum Gasteiger partial charge on any atom is 0.149 e. The monoisotopic (exact) mass is 365 g/mol. The van der Waals surface area contributed by atoms with E-state index in [9.17, 15) is 5.26 Å². The molecule has 4 aromatic rings. The summed E-state index contributed by atoms with van der Waals surface area (Å²) in [6, 6.07) is 25.9. The quantitative estimate of drug-likeness (QED) is 0.474. The van der Waals surface area contributed by atoms with Crippen LogP contribution >= 0.6 is 0 Å². The summed E-state index contributed by atoms with van der Waals surface area (Å²) in [5, 5.41) is 9.68. The van der Waals surface area contributed by atoms with Crippen molar-refractivity contribution in [3.05, 3.63) is 95.3 Å². The average Bonchev–Trinajstić information content (AvgIpc) is 3.15. The zero-order valence-corrected chi connectivity index (χ0v) is 15.5. The van der Waals surface area contributed by atoms with Crippen molar-refractivity contribution in [3.63, 3.8) is 0 Å². The lowest BCUT2D eigenvalue weighted by atomic mass is 10.1. The molecule has 0 unspecified atom stereocenters. The van der Waals surface area contributed by atoms with Crippen LogP contribution in [0.15, 0.2) is 72.8 Å². The molecule has 0 spiro atoms. The Morgan fingerprint density at radius 3 is 2.71 bits per heavy atom.